The van der Waals surface area contributed by atoms with Gasteiger partial charge in [0.25, 0.3) is 0 Å². The number of fused-ring (bicyclic) bond motifs is 1. The molecule has 2 aromatic carbocycles. The number of nitrogens with one attached hydrogen (secondary N) is 1. The lowest BCUT2D eigenvalue weighted by molar-refractivity contribution is -0.121. The Hall–Kier alpha value is -3.02. The Morgan fingerprint density at radius 3 is 2.81 bits per heavy atom. The number of hydrogen-bond donors (Lipinski definition) is 1. The van der Waals surface area contributed by atoms with E-state index in [0.29, 0.717) is 11.1 Å². The number of aromatic nitrogens is 1. The van der Waals surface area contributed by atoms with Gasteiger partial charge in [0.2, 0.25) is 5.91 Å². The van der Waals surface area contributed by atoms with Gasteiger partial charge in [-0.2, -0.15) is 0 Å². The maximum Gasteiger partial charge on any atom is 0.419 e. The number of para-hydroxylation sites is 2. The van der Waals surface area contributed by atoms with Gasteiger partial charge in [-0.1, -0.05) is 29.8 Å². The molecule has 1 aromatic heterocycles. The Bertz CT molecular complexity index is 987. The molecule has 6 nitrogen and oxygen atoms in total. The average Bonchev–Trinajstić information content (AvgIpc) is 2.95. The third kappa shape index (κ3) is 3.64. The smallest absolute Gasteiger partial charge is 0.419 e. The van der Waals surface area contributed by atoms with Crippen LogP contribution in [0.5, 0.6) is 5.75 Å². The average molecular weight is 354 g/mol. The molecule has 0 bridgehead atoms. The van der Waals surface area contributed by atoms with Gasteiger partial charge in [0.15, 0.2) is 5.58 Å². The molecule has 3 aromatic rings. The first-order valence-corrected chi connectivity index (χ1v) is 8.52. The van der Waals surface area contributed by atoms with Crippen LogP contribution in [-0.2, 0) is 11.3 Å². The summed E-state index contributed by atoms with van der Waals surface area (Å²) in [6.07, 6.45) is 0.182. The van der Waals surface area contributed by atoms with Crippen LogP contribution in [0, 0.1) is 6.92 Å². The van der Waals surface area contributed by atoms with Crippen LogP contribution in [-0.4, -0.2) is 17.6 Å². The lowest BCUT2D eigenvalue weighted by Gasteiger charge is -2.18. The highest BCUT2D eigenvalue weighted by atomic mass is 16.5. The second-order valence-electron chi connectivity index (χ2n) is 6.27. The molecule has 0 fully saturated rings. The van der Waals surface area contributed by atoms with Crippen LogP contribution < -0.4 is 15.8 Å². The van der Waals surface area contributed by atoms with Crippen molar-refractivity contribution in [3.8, 4) is 5.75 Å². The van der Waals surface area contributed by atoms with E-state index in [1.54, 1.807) is 25.3 Å². The molecule has 0 aliphatic heterocycles. The van der Waals surface area contributed by atoms with E-state index in [1.807, 2.05) is 38.1 Å². The van der Waals surface area contributed by atoms with Crippen molar-refractivity contribution < 1.29 is 13.9 Å². The highest BCUT2D eigenvalue weighted by Crippen LogP contribution is 2.26. The number of ether oxygens (including phenoxy) is 1. The van der Waals surface area contributed by atoms with Gasteiger partial charge in [-0.25, -0.2) is 4.79 Å². The fourth-order valence-electron chi connectivity index (χ4n) is 3.02. The molecule has 0 spiro atoms. The molecule has 1 heterocycles. The predicted octanol–water partition coefficient (Wildman–Crippen LogP) is 3.18. The number of carbonyl (C=O) groups excluding carboxylic acids is 1. The largest absolute Gasteiger partial charge is 0.496 e. The van der Waals surface area contributed by atoms with Crippen molar-refractivity contribution in [2.24, 2.45) is 0 Å². The summed E-state index contributed by atoms with van der Waals surface area (Å²) >= 11 is 0. The molecule has 0 saturated heterocycles. The minimum absolute atomic E-state index is 0.141. The molecule has 0 saturated carbocycles. The van der Waals surface area contributed by atoms with E-state index in [9.17, 15) is 9.59 Å². The third-order valence-electron chi connectivity index (χ3n) is 4.37. The van der Waals surface area contributed by atoms with Crippen LogP contribution in [0.1, 0.15) is 30.5 Å². The van der Waals surface area contributed by atoms with Gasteiger partial charge >= 0.3 is 5.76 Å². The van der Waals surface area contributed by atoms with E-state index < -0.39 is 5.76 Å². The number of oxazole rings is 1. The van der Waals surface area contributed by atoms with Gasteiger partial charge in [-0.05, 0) is 32.0 Å². The molecule has 0 aliphatic rings. The second kappa shape index (κ2) is 7.47. The number of benzene rings is 2. The van der Waals surface area contributed by atoms with Crippen LogP contribution in [0.4, 0.5) is 0 Å². The molecule has 0 aliphatic carbocycles. The fourth-order valence-corrected chi connectivity index (χ4v) is 3.02. The fraction of sp³-hybridized carbons (Fsp3) is 0.300. The maximum absolute atomic E-state index is 12.4. The number of methoxy groups -OCH3 is 1. The topological polar surface area (TPSA) is 73.5 Å². The normalized spacial score (nSPS) is 12.1. The van der Waals surface area contributed by atoms with Crippen LogP contribution >= 0.6 is 0 Å². The summed E-state index contributed by atoms with van der Waals surface area (Å²) in [6.45, 7) is 4.17. The van der Waals surface area contributed by atoms with Crippen LogP contribution in [0.15, 0.2) is 51.7 Å². The third-order valence-corrected chi connectivity index (χ3v) is 4.37. The van der Waals surface area contributed by atoms with Gasteiger partial charge in [0.1, 0.15) is 5.75 Å². The molecule has 3 rings (SSSR count). The molecule has 26 heavy (non-hydrogen) atoms. The molecular weight excluding hydrogens is 332 g/mol. The number of hydrogen-bond acceptors (Lipinski definition) is 4. The predicted molar refractivity (Wildman–Crippen MR) is 99.4 cm³/mol. The lowest BCUT2D eigenvalue weighted by atomic mass is 10.0. The molecule has 1 atom stereocenters. The zero-order valence-corrected chi connectivity index (χ0v) is 15.1. The van der Waals surface area contributed by atoms with E-state index in [4.69, 9.17) is 9.15 Å². The molecule has 1 amide bonds. The van der Waals surface area contributed by atoms with E-state index >= 15 is 0 Å². The Morgan fingerprint density at radius 1 is 1.27 bits per heavy atom. The van der Waals surface area contributed by atoms with Gasteiger partial charge in [-0.15, -0.1) is 0 Å². The van der Waals surface area contributed by atoms with Gasteiger partial charge in [0.05, 0.1) is 18.7 Å². The maximum atomic E-state index is 12.4. The lowest BCUT2D eigenvalue weighted by Crippen LogP contribution is -2.28. The van der Waals surface area contributed by atoms with Gasteiger partial charge in [0, 0.05) is 18.5 Å². The molecular formula is C20H22N2O4. The number of nitrogens with zero attached hydrogens (tertiary/aromatic N) is 1. The van der Waals surface area contributed by atoms with E-state index in [0.717, 1.165) is 16.9 Å². The number of aryl methyl sites for hydroxylation is 2. The van der Waals surface area contributed by atoms with Crippen molar-refractivity contribution in [2.45, 2.75) is 32.9 Å². The summed E-state index contributed by atoms with van der Waals surface area (Å²) < 4.78 is 12.0. The monoisotopic (exact) mass is 354 g/mol. The summed E-state index contributed by atoms with van der Waals surface area (Å²) in [6, 6.07) is 12.8. The van der Waals surface area contributed by atoms with Crippen molar-refractivity contribution >= 4 is 17.0 Å². The van der Waals surface area contributed by atoms with Crippen molar-refractivity contribution in [3.63, 3.8) is 0 Å². The molecule has 136 valence electrons. The van der Waals surface area contributed by atoms with Crippen molar-refractivity contribution in [1.82, 2.24) is 9.88 Å². The Kier molecular flexibility index (Phi) is 5.11. The van der Waals surface area contributed by atoms with Crippen molar-refractivity contribution in [2.75, 3.05) is 7.11 Å². The van der Waals surface area contributed by atoms with E-state index in [2.05, 4.69) is 5.32 Å². The van der Waals surface area contributed by atoms with E-state index in [1.165, 1.54) is 4.57 Å². The van der Waals surface area contributed by atoms with Gasteiger partial charge in [-0.3, -0.25) is 9.36 Å². The van der Waals surface area contributed by atoms with Crippen LogP contribution in [0.2, 0.25) is 0 Å². The first-order chi connectivity index (χ1) is 12.5. The SMILES string of the molecule is COc1ccc(C)cc1C(C)NC(=O)CCn1c(=O)oc2ccccc21. The summed E-state index contributed by atoms with van der Waals surface area (Å²) in [4.78, 5) is 24.3. The highest BCUT2D eigenvalue weighted by molar-refractivity contribution is 5.77. The minimum Gasteiger partial charge on any atom is -0.496 e. The first kappa shape index (κ1) is 17.8. The number of rotatable bonds is 6. The van der Waals surface area contributed by atoms with Crippen LogP contribution in [0.25, 0.3) is 11.1 Å². The van der Waals surface area contributed by atoms with Gasteiger partial charge < -0.3 is 14.5 Å². The number of carbonyl (C=O) groups is 1. The quantitative estimate of drug-likeness (QED) is 0.738. The highest BCUT2D eigenvalue weighted by Gasteiger charge is 2.15. The Balaban J connectivity index is 1.68. The second-order valence-corrected chi connectivity index (χ2v) is 6.27. The standard InChI is InChI=1S/C20H22N2O4/c1-13-8-9-17(25-3)15(12-13)14(2)21-19(23)10-11-22-16-6-4-5-7-18(16)26-20(22)24/h4-9,12,14H,10-11H2,1-3H3,(H,21,23). The Morgan fingerprint density at radius 2 is 2.04 bits per heavy atom. The molecule has 0 radical (unpaired) electrons. The summed E-state index contributed by atoms with van der Waals surface area (Å²) in [5.41, 5.74) is 3.24. The zero-order chi connectivity index (χ0) is 18.7. The molecule has 1 N–H and O–H groups in total. The van der Waals surface area contributed by atoms with Crippen LogP contribution in [0.3, 0.4) is 0 Å². The Labute approximate surface area is 151 Å². The van der Waals surface area contributed by atoms with E-state index in [-0.39, 0.29) is 24.9 Å². The summed E-state index contributed by atoms with van der Waals surface area (Å²) in [7, 11) is 1.61. The summed E-state index contributed by atoms with van der Waals surface area (Å²) in [5.74, 6) is 0.145. The molecule has 1 unspecified atom stereocenters. The zero-order valence-electron chi connectivity index (χ0n) is 15.1. The molecule has 6 heteroatoms. The van der Waals surface area contributed by atoms with Crippen molar-refractivity contribution in [3.05, 3.63) is 64.1 Å². The van der Waals surface area contributed by atoms with Crippen molar-refractivity contribution in [1.29, 1.82) is 0 Å². The minimum atomic E-state index is -0.451. The first-order valence-electron chi connectivity index (χ1n) is 8.52. The summed E-state index contributed by atoms with van der Waals surface area (Å²) in [5, 5.41) is 2.96. The number of amides is 1.